The predicted octanol–water partition coefficient (Wildman–Crippen LogP) is 1.14. The Bertz CT molecular complexity index is 337. The van der Waals surface area contributed by atoms with Gasteiger partial charge in [-0.3, -0.25) is 0 Å². The average molecular weight is 188 g/mol. The molecule has 2 heteroatoms. The van der Waals surface area contributed by atoms with Crippen LogP contribution in [-0.2, 0) is 9.47 Å². The lowest BCUT2D eigenvalue weighted by atomic mass is 9.51. The Labute approximate surface area is 82.6 Å². The average Bonchev–Trinajstić information content (AvgIpc) is 3.00. The molecule has 5 aliphatic rings. The molecular weight excluding hydrogens is 176 g/mol. The van der Waals surface area contributed by atoms with Crippen LogP contribution in [0, 0.1) is 23.7 Å². The van der Waals surface area contributed by atoms with E-state index in [1.165, 1.54) is 0 Å². The second kappa shape index (κ2) is 1.86. The smallest absolute Gasteiger partial charge is 0.113 e. The normalized spacial score (nSPS) is 69.7. The van der Waals surface area contributed by atoms with Crippen LogP contribution in [0.25, 0.3) is 0 Å². The summed E-state index contributed by atoms with van der Waals surface area (Å²) in [5.74, 6) is 3.06. The third-order valence-electron chi connectivity index (χ3n) is 4.76. The largest absolute Gasteiger partial charge is 0.366 e. The molecule has 2 saturated heterocycles. The molecule has 0 radical (unpaired) electrons. The van der Waals surface area contributed by atoms with Crippen molar-refractivity contribution < 1.29 is 9.47 Å². The molecule has 0 aromatic heterocycles. The summed E-state index contributed by atoms with van der Waals surface area (Å²) in [4.78, 5) is 0. The van der Waals surface area contributed by atoms with E-state index in [9.17, 15) is 0 Å². The van der Waals surface area contributed by atoms with Crippen molar-refractivity contribution in [3.05, 3.63) is 24.3 Å². The van der Waals surface area contributed by atoms with Crippen LogP contribution in [0.3, 0.4) is 0 Å². The van der Waals surface area contributed by atoms with Gasteiger partial charge in [-0.2, -0.15) is 0 Å². The van der Waals surface area contributed by atoms with Crippen LogP contribution in [0.4, 0.5) is 0 Å². The van der Waals surface area contributed by atoms with Gasteiger partial charge in [0.2, 0.25) is 0 Å². The van der Waals surface area contributed by atoms with Crippen LogP contribution in [-0.4, -0.2) is 24.4 Å². The molecule has 5 rings (SSSR count). The first-order valence-electron chi connectivity index (χ1n) is 5.61. The van der Waals surface area contributed by atoms with Gasteiger partial charge in [0, 0.05) is 11.8 Å². The first kappa shape index (κ1) is 6.81. The van der Waals surface area contributed by atoms with Gasteiger partial charge in [-0.25, -0.2) is 0 Å². The second-order valence-electron chi connectivity index (χ2n) is 5.21. The summed E-state index contributed by atoms with van der Waals surface area (Å²) >= 11 is 0. The molecule has 0 amide bonds. The number of allylic oxidation sites excluding steroid dienone is 4. The Morgan fingerprint density at radius 1 is 0.643 bits per heavy atom. The molecule has 0 N–H and O–H groups in total. The van der Waals surface area contributed by atoms with Crippen molar-refractivity contribution in [2.75, 3.05) is 0 Å². The lowest BCUT2D eigenvalue weighted by molar-refractivity contribution is -0.00112. The van der Waals surface area contributed by atoms with Gasteiger partial charge in [0.15, 0.2) is 0 Å². The van der Waals surface area contributed by atoms with Crippen molar-refractivity contribution in [3.8, 4) is 0 Å². The molecule has 8 atom stereocenters. The van der Waals surface area contributed by atoms with Gasteiger partial charge in [-0.05, 0) is 11.8 Å². The van der Waals surface area contributed by atoms with E-state index < -0.39 is 0 Å². The molecular formula is C12H12O2. The maximum absolute atomic E-state index is 5.73. The van der Waals surface area contributed by atoms with Gasteiger partial charge in [0.1, 0.15) is 12.2 Å². The maximum atomic E-state index is 5.73. The van der Waals surface area contributed by atoms with Crippen LogP contribution >= 0.6 is 0 Å². The zero-order chi connectivity index (χ0) is 8.86. The number of fused-ring (bicyclic) bond motifs is 9. The molecule has 2 heterocycles. The van der Waals surface area contributed by atoms with E-state index in [0.29, 0.717) is 24.4 Å². The van der Waals surface area contributed by atoms with Crippen LogP contribution in [0.5, 0.6) is 0 Å². The summed E-state index contributed by atoms with van der Waals surface area (Å²) in [5.41, 5.74) is 0. The lowest BCUT2D eigenvalue weighted by Crippen LogP contribution is -2.54. The minimum atomic E-state index is 0.474. The molecule has 0 spiro atoms. The highest BCUT2D eigenvalue weighted by Crippen LogP contribution is 2.66. The molecule has 72 valence electrons. The van der Waals surface area contributed by atoms with Gasteiger partial charge in [-0.1, -0.05) is 24.3 Å². The highest BCUT2D eigenvalue weighted by Gasteiger charge is 2.75. The van der Waals surface area contributed by atoms with Crippen LogP contribution in [0.2, 0.25) is 0 Å². The van der Waals surface area contributed by atoms with Crippen LogP contribution in [0.1, 0.15) is 0 Å². The number of epoxide rings is 2. The van der Waals surface area contributed by atoms with E-state index in [2.05, 4.69) is 24.3 Å². The Hall–Kier alpha value is -0.600. The quantitative estimate of drug-likeness (QED) is 0.420. The second-order valence-corrected chi connectivity index (χ2v) is 5.21. The van der Waals surface area contributed by atoms with E-state index in [1.807, 2.05) is 0 Å². The summed E-state index contributed by atoms with van der Waals surface area (Å²) in [5, 5.41) is 0. The zero-order valence-corrected chi connectivity index (χ0v) is 7.74. The van der Waals surface area contributed by atoms with E-state index in [-0.39, 0.29) is 0 Å². The molecule has 0 aromatic rings. The highest BCUT2D eigenvalue weighted by atomic mass is 16.7. The van der Waals surface area contributed by atoms with Crippen molar-refractivity contribution in [1.29, 1.82) is 0 Å². The van der Waals surface area contributed by atoms with Gasteiger partial charge in [0.05, 0.1) is 12.2 Å². The Morgan fingerprint density at radius 2 is 1.14 bits per heavy atom. The van der Waals surface area contributed by atoms with Crippen LogP contribution in [0.15, 0.2) is 24.3 Å². The minimum Gasteiger partial charge on any atom is -0.366 e. The van der Waals surface area contributed by atoms with Gasteiger partial charge in [0.25, 0.3) is 0 Å². The summed E-state index contributed by atoms with van der Waals surface area (Å²) in [6.07, 6.45) is 11.1. The summed E-state index contributed by atoms with van der Waals surface area (Å²) in [7, 11) is 0. The van der Waals surface area contributed by atoms with Gasteiger partial charge in [-0.15, -0.1) is 0 Å². The van der Waals surface area contributed by atoms with Gasteiger partial charge >= 0.3 is 0 Å². The van der Waals surface area contributed by atoms with Gasteiger partial charge < -0.3 is 9.47 Å². The summed E-state index contributed by atoms with van der Waals surface area (Å²) < 4.78 is 11.5. The Morgan fingerprint density at radius 3 is 1.64 bits per heavy atom. The zero-order valence-electron chi connectivity index (χ0n) is 7.74. The fourth-order valence-corrected chi connectivity index (χ4v) is 4.08. The summed E-state index contributed by atoms with van der Waals surface area (Å²) in [6, 6.07) is 0. The molecule has 0 bridgehead atoms. The van der Waals surface area contributed by atoms with E-state index in [4.69, 9.17) is 9.47 Å². The number of hydrogen-bond donors (Lipinski definition) is 0. The fraction of sp³-hybridized carbons (Fsp3) is 0.667. The first-order valence-corrected chi connectivity index (χ1v) is 5.61. The minimum absolute atomic E-state index is 0.474. The van der Waals surface area contributed by atoms with Crippen molar-refractivity contribution in [2.24, 2.45) is 23.7 Å². The number of hydrogen-bond acceptors (Lipinski definition) is 2. The summed E-state index contributed by atoms with van der Waals surface area (Å²) in [6.45, 7) is 0. The van der Waals surface area contributed by atoms with Crippen molar-refractivity contribution >= 4 is 0 Å². The SMILES string of the molecule is C1=C[C@@H]2[C@H](C=C1)[C@H]1[C@@H]3O[C@@H]3[C@@H]3O[C@@H]3[C@@H]21. The van der Waals surface area contributed by atoms with E-state index in [0.717, 1.165) is 23.7 Å². The maximum Gasteiger partial charge on any atom is 0.113 e. The lowest BCUT2D eigenvalue weighted by Gasteiger charge is -2.51. The molecule has 14 heavy (non-hydrogen) atoms. The molecule has 2 aliphatic heterocycles. The standard InChI is InChI=1S/C12H12O2/c1-2-4-6-5(3-1)7-8(6)10-12(14-10)11-9(7)13-11/h1-12H/t5-,6+,7+,8-,9-,10+,11-,12+. The molecule has 3 aliphatic carbocycles. The third kappa shape index (κ3) is 0.573. The van der Waals surface area contributed by atoms with Crippen LogP contribution < -0.4 is 0 Å². The number of ether oxygens (including phenoxy) is 2. The van der Waals surface area contributed by atoms with E-state index >= 15 is 0 Å². The monoisotopic (exact) mass is 188 g/mol. The Kier molecular flexibility index (Phi) is 0.906. The molecule has 2 saturated carbocycles. The topological polar surface area (TPSA) is 25.1 Å². The Balaban J connectivity index is 1.58. The predicted molar refractivity (Wildman–Crippen MR) is 49.6 cm³/mol. The first-order chi connectivity index (χ1) is 6.95. The molecule has 0 unspecified atom stereocenters. The van der Waals surface area contributed by atoms with E-state index in [1.54, 1.807) is 0 Å². The van der Waals surface area contributed by atoms with Crippen molar-refractivity contribution in [2.45, 2.75) is 24.4 Å². The fourth-order valence-electron chi connectivity index (χ4n) is 4.08. The number of rotatable bonds is 0. The van der Waals surface area contributed by atoms with Crippen molar-refractivity contribution in [1.82, 2.24) is 0 Å². The molecule has 4 fully saturated rings. The molecule has 0 aromatic carbocycles. The highest BCUT2D eigenvalue weighted by molar-refractivity contribution is 5.31. The third-order valence-corrected chi connectivity index (χ3v) is 4.76. The van der Waals surface area contributed by atoms with Crippen molar-refractivity contribution in [3.63, 3.8) is 0 Å². The molecule has 2 nitrogen and oxygen atoms in total.